The zero-order valence-electron chi connectivity index (χ0n) is 6.93. The van der Waals surface area contributed by atoms with E-state index in [-0.39, 0.29) is 5.97 Å². The maximum absolute atomic E-state index is 11.1. The van der Waals surface area contributed by atoms with Crippen LogP contribution in [-0.2, 0) is 3.83 Å². The van der Waals surface area contributed by atoms with Crippen molar-refractivity contribution >= 4 is 22.2 Å². The zero-order valence-corrected chi connectivity index (χ0v) is 8.51. The van der Waals surface area contributed by atoms with E-state index in [0.29, 0.717) is 5.56 Å². The number of carbonyl (C=O) groups is 1. The average Bonchev–Trinajstić information content (AvgIpc) is 2.08. The Balaban J connectivity index is 3.16. The molecule has 0 aliphatic carbocycles. The molecular formula is C9H9BrO2. The molecule has 0 aliphatic heterocycles. The summed E-state index contributed by atoms with van der Waals surface area (Å²) in [7, 11) is 0. The van der Waals surface area contributed by atoms with Crippen molar-refractivity contribution in [1.29, 1.82) is 0 Å². The van der Waals surface area contributed by atoms with Crippen LogP contribution in [0.4, 0.5) is 0 Å². The number of carbonyl (C=O) groups excluding carboxylic acids is 1. The molecule has 0 N–H and O–H groups in total. The number of rotatable bonds is 1. The van der Waals surface area contributed by atoms with Crippen LogP contribution in [0.5, 0.6) is 0 Å². The van der Waals surface area contributed by atoms with E-state index < -0.39 is 0 Å². The second kappa shape index (κ2) is 3.72. The Morgan fingerprint density at radius 2 is 2.08 bits per heavy atom. The normalized spacial score (nSPS) is 9.58. The molecule has 0 radical (unpaired) electrons. The van der Waals surface area contributed by atoms with Gasteiger partial charge >= 0.3 is 5.97 Å². The van der Waals surface area contributed by atoms with E-state index in [1.807, 2.05) is 26.0 Å². The molecule has 12 heavy (non-hydrogen) atoms. The van der Waals surface area contributed by atoms with E-state index >= 15 is 0 Å². The fraction of sp³-hybridized carbons (Fsp3) is 0.222. The predicted octanol–water partition coefficient (Wildman–Crippen LogP) is 2.77. The third-order valence-electron chi connectivity index (χ3n) is 1.89. The third-order valence-corrected chi connectivity index (χ3v) is 2.19. The van der Waals surface area contributed by atoms with Crippen molar-refractivity contribution in [3.8, 4) is 0 Å². The summed E-state index contributed by atoms with van der Waals surface area (Å²) in [4.78, 5) is 11.1. The van der Waals surface area contributed by atoms with Gasteiger partial charge in [-0.25, -0.2) is 4.79 Å². The maximum atomic E-state index is 11.1. The minimum Gasteiger partial charge on any atom is -0.380 e. The van der Waals surface area contributed by atoms with Crippen LogP contribution in [0, 0.1) is 13.8 Å². The van der Waals surface area contributed by atoms with Gasteiger partial charge in [0.2, 0.25) is 0 Å². The lowest BCUT2D eigenvalue weighted by atomic mass is 10.0. The molecule has 0 fully saturated rings. The van der Waals surface area contributed by atoms with Gasteiger partial charge in [0.1, 0.15) is 0 Å². The number of hydrogen-bond acceptors (Lipinski definition) is 2. The molecule has 2 nitrogen and oxygen atoms in total. The average molecular weight is 229 g/mol. The lowest BCUT2D eigenvalue weighted by Crippen LogP contribution is -2.01. The van der Waals surface area contributed by atoms with E-state index in [1.54, 1.807) is 6.07 Å². The molecule has 3 heteroatoms. The molecule has 0 unspecified atom stereocenters. The second-order valence-electron chi connectivity index (χ2n) is 2.61. The largest absolute Gasteiger partial charge is 0.380 e. The Morgan fingerprint density at radius 1 is 1.42 bits per heavy atom. The van der Waals surface area contributed by atoms with Crippen LogP contribution in [0.3, 0.4) is 0 Å². The lowest BCUT2D eigenvalue weighted by Gasteiger charge is -2.04. The van der Waals surface area contributed by atoms with Crippen molar-refractivity contribution in [2.45, 2.75) is 13.8 Å². The molecular weight excluding hydrogens is 220 g/mol. The number of aryl methyl sites for hydroxylation is 1. The molecule has 0 amide bonds. The summed E-state index contributed by atoms with van der Waals surface area (Å²) in [5.74, 6) is -0.351. The first-order chi connectivity index (χ1) is 5.66. The molecule has 1 aromatic carbocycles. The summed E-state index contributed by atoms with van der Waals surface area (Å²) < 4.78 is 4.45. The monoisotopic (exact) mass is 228 g/mol. The van der Waals surface area contributed by atoms with Crippen LogP contribution in [0.15, 0.2) is 18.2 Å². The first-order valence-corrected chi connectivity index (χ1v) is 4.20. The van der Waals surface area contributed by atoms with E-state index in [2.05, 4.69) is 20.1 Å². The highest BCUT2D eigenvalue weighted by atomic mass is 79.9. The standard InChI is InChI=1S/C9H9BrO2/c1-6-4-3-5-8(7(6)2)9(11)12-10/h3-5H,1-2H3. The number of benzene rings is 1. The molecule has 0 saturated carbocycles. The second-order valence-corrected chi connectivity index (χ2v) is 2.94. The molecule has 0 aromatic heterocycles. The van der Waals surface area contributed by atoms with E-state index in [9.17, 15) is 4.79 Å². The molecule has 0 spiro atoms. The molecule has 1 rings (SSSR count). The van der Waals surface area contributed by atoms with Crippen molar-refractivity contribution in [3.05, 3.63) is 34.9 Å². The highest BCUT2D eigenvalue weighted by Gasteiger charge is 2.09. The van der Waals surface area contributed by atoms with Crippen LogP contribution in [-0.4, -0.2) is 5.97 Å². The van der Waals surface area contributed by atoms with Gasteiger partial charge in [0.05, 0.1) is 5.56 Å². The zero-order chi connectivity index (χ0) is 9.14. The summed E-state index contributed by atoms with van der Waals surface area (Å²) in [6, 6.07) is 5.54. The Kier molecular flexibility index (Phi) is 2.87. The Hall–Kier alpha value is -0.830. The van der Waals surface area contributed by atoms with Gasteiger partial charge < -0.3 is 3.83 Å². The van der Waals surface area contributed by atoms with Crippen LogP contribution >= 0.6 is 16.3 Å². The molecule has 0 bridgehead atoms. The number of hydrogen-bond donors (Lipinski definition) is 0. The van der Waals surface area contributed by atoms with Gasteiger partial charge in [0.25, 0.3) is 0 Å². The van der Waals surface area contributed by atoms with Gasteiger partial charge in [-0.05, 0) is 31.0 Å². The Morgan fingerprint density at radius 3 is 2.67 bits per heavy atom. The van der Waals surface area contributed by atoms with Crippen LogP contribution in [0.2, 0.25) is 0 Å². The summed E-state index contributed by atoms with van der Waals surface area (Å²) in [6.07, 6.45) is 0. The molecule has 64 valence electrons. The van der Waals surface area contributed by atoms with Crippen molar-refractivity contribution in [3.63, 3.8) is 0 Å². The maximum Gasteiger partial charge on any atom is 0.349 e. The van der Waals surface area contributed by atoms with Gasteiger partial charge in [0.15, 0.2) is 16.3 Å². The first-order valence-electron chi connectivity index (χ1n) is 3.56. The van der Waals surface area contributed by atoms with Crippen molar-refractivity contribution in [1.82, 2.24) is 0 Å². The summed E-state index contributed by atoms with van der Waals surface area (Å²) in [5, 5.41) is 0. The fourth-order valence-electron chi connectivity index (χ4n) is 1.01. The third kappa shape index (κ3) is 1.67. The van der Waals surface area contributed by atoms with Gasteiger partial charge in [-0.1, -0.05) is 12.1 Å². The first kappa shape index (κ1) is 9.26. The minimum absolute atomic E-state index is 0.351. The smallest absolute Gasteiger partial charge is 0.349 e. The fourth-order valence-corrected chi connectivity index (χ4v) is 1.19. The molecule has 0 atom stereocenters. The van der Waals surface area contributed by atoms with Crippen LogP contribution in [0.25, 0.3) is 0 Å². The highest BCUT2D eigenvalue weighted by Crippen LogP contribution is 2.14. The highest BCUT2D eigenvalue weighted by molar-refractivity contribution is 9.06. The number of halogens is 1. The van der Waals surface area contributed by atoms with Gasteiger partial charge in [-0.2, -0.15) is 0 Å². The quantitative estimate of drug-likeness (QED) is 0.740. The van der Waals surface area contributed by atoms with Crippen molar-refractivity contribution in [2.75, 3.05) is 0 Å². The van der Waals surface area contributed by atoms with E-state index in [1.165, 1.54) is 0 Å². The van der Waals surface area contributed by atoms with Gasteiger partial charge in [-0.15, -0.1) is 0 Å². The Bertz CT molecular complexity index is 307. The van der Waals surface area contributed by atoms with Crippen LogP contribution < -0.4 is 0 Å². The summed E-state index contributed by atoms with van der Waals surface area (Å²) in [6.45, 7) is 3.86. The summed E-state index contributed by atoms with van der Waals surface area (Å²) in [5.41, 5.74) is 2.65. The van der Waals surface area contributed by atoms with E-state index in [4.69, 9.17) is 0 Å². The SMILES string of the molecule is Cc1cccc(C(=O)OBr)c1C. The van der Waals surface area contributed by atoms with Crippen molar-refractivity contribution < 1.29 is 8.62 Å². The van der Waals surface area contributed by atoms with Gasteiger partial charge in [0, 0.05) is 0 Å². The molecule has 1 aromatic rings. The van der Waals surface area contributed by atoms with Crippen LogP contribution in [0.1, 0.15) is 21.5 Å². The molecule has 0 heterocycles. The lowest BCUT2D eigenvalue weighted by molar-refractivity contribution is 0.0781. The Labute approximate surface area is 80.0 Å². The summed E-state index contributed by atoms with van der Waals surface area (Å²) >= 11 is 2.66. The van der Waals surface area contributed by atoms with Gasteiger partial charge in [-0.3, -0.25) is 0 Å². The van der Waals surface area contributed by atoms with E-state index in [0.717, 1.165) is 11.1 Å². The molecule has 0 saturated heterocycles. The minimum atomic E-state index is -0.351. The van der Waals surface area contributed by atoms with Crippen molar-refractivity contribution in [2.24, 2.45) is 0 Å². The topological polar surface area (TPSA) is 26.3 Å². The molecule has 0 aliphatic rings. The predicted molar refractivity (Wildman–Crippen MR) is 50.3 cm³/mol.